The lowest BCUT2D eigenvalue weighted by Crippen LogP contribution is -2.43. The predicted octanol–water partition coefficient (Wildman–Crippen LogP) is 3.83. The molecule has 2 heterocycles. The number of carbonyl (C=O) groups is 2. The molecular formula is C22H32N2O5. The standard InChI is InChI=1S/C22H32N2O5/c1-22(2,3)29-21(26)24-11-9-16(10-12-24)20(25)23-17-6-4-7-18(14-17)28-15-19-8-5-13-27-19/h4,6-7,14,16,19H,5,8-13,15H2,1-3H3,(H,23,25). The molecule has 1 N–H and O–H groups in total. The Morgan fingerprint density at radius 1 is 1.21 bits per heavy atom. The molecule has 0 bridgehead atoms. The van der Waals surface area contributed by atoms with Gasteiger partial charge in [0, 0.05) is 37.4 Å². The first-order chi connectivity index (χ1) is 13.8. The van der Waals surface area contributed by atoms with Gasteiger partial charge in [-0.05, 0) is 58.6 Å². The Morgan fingerprint density at radius 3 is 2.62 bits per heavy atom. The fourth-order valence-corrected chi connectivity index (χ4v) is 3.52. The largest absolute Gasteiger partial charge is 0.491 e. The lowest BCUT2D eigenvalue weighted by Gasteiger charge is -2.32. The topological polar surface area (TPSA) is 77.1 Å². The monoisotopic (exact) mass is 404 g/mol. The van der Waals surface area contributed by atoms with Gasteiger partial charge in [-0.3, -0.25) is 4.79 Å². The van der Waals surface area contributed by atoms with Gasteiger partial charge in [0.15, 0.2) is 0 Å². The van der Waals surface area contributed by atoms with E-state index in [-0.39, 0.29) is 24.0 Å². The van der Waals surface area contributed by atoms with E-state index in [9.17, 15) is 9.59 Å². The summed E-state index contributed by atoms with van der Waals surface area (Å²) in [5, 5.41) is 2.98. The quantitative estimate of drug-likeness (QED) is 0.807. The molecule has 7 heteroatoms. The molecule has 3 rings (SSSR count). The Balaban J connectivity index is 1.46. The predicted molar refractivity (Wildman–Crippen MR) is 110 cm³/mol. The summed E-state index contributed by atoms with van der Waals surface area (Å²) in [7, 11) is 0. The molecule has 0 saturated carbocycles. The van der Waals surface area contributed by atoms with Gasteiger partial charge in [-0.25, -0.2) is 4.79 Å². The van der Waals surface area contributed by atoms with Crippen LogP contribution in [0.1, 0.15) is 46.5 Å². The maximum Gasteiger partial charge on any atom is 0.410 e. The number of rotatable bonds is 5. The van der Waals surface area contributed by atoms with Crippen LogP contribution in [0.25, 0.3) is 0 Å². The second-order valence-electron chi connectivity index (χ2n) is 8.70. The van der Waals surface area contributed by atoms with Crippen LogP contribution in [-0.4, -0.2) is 54.9 Å². The summed E-state index contributed by atoms with van der Waals surface area (Å²) < 4.78 is 16.8. The highest BCUT2D eigenvalue weighted by atomic mass is 16.6. The second kappa shape index (κ2) is 9.48. The molecule has 2 saturated heterocycles. The highest BCUT2D eigenvalue weighted by Crippen LogP contribution is 2.23. The maximum atomic E-state index is 12.6. The van der Waals surface area contributed by atoms with Gasteiger partial charge in [0.25, 0.3) is 0 Å². The van der Waals surface area contributed by atoms with Crippen molar-refractivity contribution in [1.29, 1.82) is 0 Å². The number of carbonyl (C=O) groups excluding carboxylic acids is 2. The molecule has 2 fully saturated rings. The van der Waals surface area contributed by atoms with E-state index in [1.54, 1.807) is 4.90 Å². The van der Waals surface area contributed by atoms with E-state index in [0.29, 0.717) is 32.5 Å². The van der Waals surface area contributed by atoms with Crippen LogP contribution in [-0.2, 0) is 14.3 Å². The van der Waals surface area contributed by atoms with Gasteiger partial charge in [0.05, 0.1) is 6.10 Å². The zero-order valence-electron chi connectivity index (χ0n) is 17.6. The van der Waals surface area contributed by atoms with Crippen molar-refractivity contribution in [3.63, 3.8) is 0 Å². The fraction of sp³-hybridized carbons (Fsp3) is 0.636. The SMILES string of the molecule is CC(C)(C)OC(=O)N1CCC(C(=O)Nc2cccc(OCC3CCCO3)c2)CC1. The molecule has 1 unspecified atom stereocenters. The molecule has 0 aliphatic carbocycles. The molecule has 1 aromatic rings. The smallest absolute Gasteiger partial charge is 0.410 e. The Morgan fingerprint density at radius 2 is 1.97 bits per heavy atom. The van der Waals surface area contributed by atoms with Crippen LogP contribution in [0.4, 0.5) is 10.5 Å². The molecule has 0 spiro atoms. The van der Waals surface area contributed by atoms with Crippen LogP contribution in [0.2, 0.25) is 0 Å². The molecule has 2 aliphatic rings. The van der Waals surface area contributed by atoms with E-state index in [4.69, 9.17) is 14.2 Å². The van der Waals surface area contributed by atoms with Crippen molar-refractivity contribution in [2.24, 2.45) is 5.92 Å². The van der Waals surface area contributed by atoms with Crippen molar-refractivity contribution in [2.45, 2.75) is 58.2 Å². The Labute approximate surface area is 172 Å². The second-order valence-corrected chi connectivity index (χ2v) is 8.70. The molecule has 160 valence electrons. The third kappa shape index (κ3) is 6.63. The number of piperidine rings is 1. The molecule has 29 heavy (non-hydrogen) atoms. The van der Waals surface area contributed by atoms with Crippen molar-refractivity contribution in [2.75, 3.05) is 31.6 Å². The van der Waals surface area contributed by atoms with Gasteiger partial charge in [-0.2, -0.15) is 0 Å². The first-order valence-corrected chi connectivity index (χ1v) is 10.4. The Kier molecular flexibility index (Phi) is 7.00. The summed E-state index contributed by atoms with van der Waals surface area (Å²) in [6.45, 7) is 7.93. The first-order valence-electron chi connectivity index (χ1n) is 10.4. The van der Waals surface area contributed by atoms with Crippen molar-refractivity contribution in [3.05, 3.63) is 24.3 Å². The van der Waals surface area contributed by atoms with Crippen LogP contribution < -0.4 is 10.1 Å². The molecule has 1 aromatic carbocycles. The third-order valence-electron chi connectivity index (χ3n) is 5.08. The van der Waals surface area contributed by atoms with Crippen molar-refractivity contribution >= 4 is 17.7 Å². The summed E-state index contributed by atoms with van der Waals surface area (Å²) in [5.74, 6) is 0.577. The summed E-state index contributed by atoms with van der Waals surface area (Å²) in [4.78, 5) is 26.5. The van der Waals surface area contributed by atoms with Crippen molar-refractivity contribution < 1.29 is 23.8 Å². The zero-order chi connectivity index (χ0) is 20.9. The van der Waals surface area contributed by atoms with Crippen LogP contribution in [0.5, 0.6) is 5.75 Å². The molecule has 0 radical (unpaired) electrons. The number of nitrogens with one attached hydrogen (secondary N) is 1. The number of hydrogen-bond acceptors (Lipinski definition) is 5. The minimum absolute atomic E-state index is 0.0230. The minimum Gasteiger partial charge on any atom is -0.491 e. The molecule has 7 nitrogen and oxygen atoms in total. The molecule has 2 aliphatic heterocycles. The number of ether oxygens (including phenoxy) is 3. The van der Waals surface area contributed by atoms with E-state index in [2.05, 4.69) is 5.32 Å². The molecule has 2 amide bonds. The lowest BCUT2D eigenvalue weighted by molar-refractivity contribution is -0.121. The van der Waals surface area contributed by atoms with Crippen LogP contribution >= 0.6 is 0 Å². The lowest BCUT2D eigenvalue weighted by atomic mass is 9.96. The van der Waals surface area contributed by atoms with Crippen LogP contribution in [0.15, 0.2) is 24.3 Å². The number of amides is 2. The van der Waals surface area contributed by atoms with Gasteiger partial charge < -0.3 is 24.4 Å². The maximum absolute atomic E-state index is 12.6. The van der Waals surface area contributed by atoms with Crippen LogP contribution in [0, 0.1) is 5.92 Å². The Bertz CT molecular complexity index is 701. The highest BCUT2D eigenvalue weighted by Gasteiger charge is 2.30. The summed E-state index contributed by atoms with van der Waals surface area (Å²) >= 11 is 0. The van der Waals surface area contributed by atoms with Crippen LogP contribution in [0.3, 0.4) is 0 Å². The van der Waals surface area contributed by atoms with Crippen molar-refractivity contribution in [1.82, 2.24) is 4.90 Å². The summed E-state index contributed by atoms with van der Waals surface area (Å²) in [6.07, 6.45) is 3.20. The minimum atomic E-state index is -0.512. The number of hydrogen-bond donors (Lipinski definition) is 1. The fourth-order valence-electron chi connectivity index (χ4n) is 3.52. The van der Waals surface area contributed by atoms with E-state index in [0.717, 1.165) is 30.9 Å². The third-order valence-corrected chi connectivity index (χ3v) is 5.08. The number of likely N-dealkylation sites (tertiary alicyclic amines) is 1. The summed E-state index contributed by atoms with van der Waals surface area (Å²) in [6, 6.07) is 7.44. The number of anilines is 1. The van der Waals surface area contributed by atoms with Gasteiger partial charge in [-0.15, -0.1) is 0 Å². The van der Waals surface area contributed by atoms with E-state index in [1.165, 1.54) is 0 Å². The summed E-state index contributed by atoms with van der Waals surface area (Å²) in [5.41, 5.74) is 0.205. The van der Waals surface area contributed by atoms with E-state index < -0.39 is 5.60 Å². The normalized spacial score (nSPS) is 20.4. The van der Waals surface area contributed by atoms with Gasteiger partial charge in [-0.1, -0.05) is 6.07 Å². The highest BCUT2D eigenvalue weighted by molar-refractivity contribution is 5.92. The van der Waals surface area contributed by atoms with E-state index >= 15 is 0 Å². The number of nitrogens with zero attached hydrogens (tertiary/aromatic N) is 1. The number of benzene rings is 1. The van der Waals surface area contributed by atoms with Crippen molar-refractivity contribution in [3.8, 4) is 5.75 Å². The average molecular weight is 405 g/mol. The Hall–Kier alpha value is -2.28. The first kappa shape index (κ1) is 21.4. The molecular weight excluding hydrogens is 372 g/mol. The molecule has 1 atom stereocenters. The molecule has 0 aromatic heterocycles. The van der Waals surface area contributed by atoms with Gasteiger partial charge >= 0.3 is 6.09 Å². The zero-order valence-corrected chi connectivity index (χ0v) is 17.6. The average Bonchev–Trinajstić information content (AvgIpc) is 3.19. The van der Waals surface area contributed by atoms with E-state index in [1.807, 2.05) is 45.0 Å². The van der Waals surface area contributed by atoms with Gasteiger partial charge in [0.2, 0.25) is 5.91 Å². The van der Waals surface area contributed by atoms with Gasteiger partial charge in [0.1, 0.15) is 18.0 Å².